The summed E-state index contributed by atoms with van der Waals surface area (Å²) in [7, 11) is 0. The zero-order valence-electron chi connectivity index (χ0n) is 17.8. The molecular formula is C22H24Cl2F2N2O6. The van der Waals surface area contributed by atoms with Gasteiger partial charge in [-0.15, -0.1) is 0 Å². The molecule has 1 aliphatic rings. The van der Waals surface area contributed by atoms with Gasteiger partial charge in [0, 0.05) is 35.7 Å². The summed E-state index contributed by atoms with van der Waals surface area (Å²) in [6.07, 6.45) is -3.52. The number of benzene rings is 2. The molecule has 0 spiro atoms. The van der Waals surface area contributed by atoms with Crippen LogP contribution in [0.25, 0.3) is 0 Å². The van der Waals surface area contributed by atoms with E-state index in [1.54, 1.807) is 12.1 Å². The predicted octanol–water partition coefficient (Wildman–Crippen LogP) is 2.51. The molecule has 0 aromatic heterocycles. The topological polar surface area (TPSA) is 130 Å². The van der Waals surface area contributed by atoms with Crippen molar-refractivity contribution in [2.24, 2.45) is 0 Å². The smallest absolute Gasteiger partial charge is 0.335 e. The molecule has 1 saturated heterocycles. The molecule has 0 aliphatic carbocycles. The fourth-order valence-corrected chi connectivity index (χ4v) is 3.73. The Morgan fingerprint density at radius 3 is 1.71 bits per heavy atom. The summed E-state index contributed by atoms with van der Waals surface area (Å²) in [5.74, 6) is -4.23. The summed E-state index contributed by atoms with van der Waals surface area (Å²) in [6, 6.07) is 9.22. The van der Waals surface area contributed by atoms with E-state index in [9.17, 15) is 18.4 Å². The third-order valence-corrected chi connectivity index (χ3v) is 5.84. The maximum Gasteiger partial charge on any atom is 0.335 e. The first kappa shape index (κ1) is 27.9. The molecule has 12 heteroatoms. The van der Waals surface area contributed by atoms with Crippen LogP contribution in [0.1, 0.15) is 17.5 Å². The van der Waals surface area contributed by atoms with E-state index in [0.717, 1.165) is 30.6 Å². The number of rotatable bonds is 8. The first-order chi connectivity index (χ1) is 16.0. The number of hydrogen-bond donors (Lipinski definition) is 5. The number of hydrogen-bond acceptors (Lipinski definition) is 6. The van der Waals surface area contributed by atoms with E-state index in [2.05, 4.69) is 10.2 Å². The summed E-state index contributed by atoms with van der Waals surface area (Å²) in [5.41, 5.74) is 1.73. The molecule has 1 fully saturated rings. The average molecular weight is 521 g/mol. The van der Waals surface area contributed by atoms with E-state index in [4.69, 9.17) is 43.6 Å². The summed E-state index contributed by atoms with van der Waals surface area (Å²) in [6.45, 7) is 2.99. The highest BCUT2D eigenvalue weighted by atomic mass is 35.5. The van der Waals surface area contributed by atoms with E-state index in [0.29, 0.717) is 29.2 Å². The molecule has 2 unspecified atom stereocenters. The normalized spacial score (nSPS) is 17.1. The molecule has 2 aromatic rings. The van der Waals surface area contributed by atoms with E-state index < -0.39 is 24.1 Å². The first-order valence-electron chi connectivity index (χ1n) is 10.1. The number of aliphatic hydroxyl groups excluding tert-OH is 2. The van der Waals surface area contributed by atoms with Gasteiger partial charge in [-0.1, -0.05) is 35.3 Å². The number of halogens is 4. The van der Waals surface area contributed by atoms with Crippen molar-refractivity contribution >= 4 is 35.1 Å². The minimum Gasteiger partial charge on any atom is -0.479 e. The molecule has 34 heavy (non-hydrogen) atoms. The second-order valence-electron chi connectivity index (χ2n) is 7.59. The van der Waals surface area contributed by atoms with Gasteiger partial charge in [0.05, 0.1) is 0 Å². The van der Waals surface area contributed by atoms with Crippen LogP contribution in [0.4, 0.5) is 8.78 Å². The van der Waals surface area contributed by atoms with Gasteiger partial charge < -0.3 is 25.7 Å². The molecule has 3 atom stereocenters. The van der Waals surface area contributed by atoms with Gasteiger partial charge in [-0.05, 0) is 48.4 Å². The van der Waals surface area contributed by atoms with Crippen LogP contribution in [0.5, 0.6) is 0 Å². The number of carboxylic acid groups (broad SMARTS) is 2. The van der Waals surface area contributed by atoms with Gasteiger partial charge in [0.1, 0.15) is 11.6 Å². The molecule has 186 valence electrons. The lowest BCUT2D eigenvalue weighted by Crippen LogP contribution is -2.39. The summed E-state index contributed by atoms with van der Waals surface area (Å²) in [4.78, 5) is 21.8. The molecule has 5 N–H and O–H groups in total. The summed E-state index contributed by atoms with van der Waals surface area (Å²) < 4.78 is 26.5. The number of aliphatic carboxylic acids is 2. The molecule has 0 bridgehead atoms. The molecule has 0 saturated carbocycles. The van der Waals surface area contributed by atoms with Gasteiger partial charge in [0.15, 0.2) is 12.2 Å². The SMILES string of the molecule is Fc1ccc(CN(Cc2ccc(F)cc2Cl)[C@H]2CCNC2)c(Cl)c1.O=C(O)C(O)C(O)C(=O)O. The Morgan fingerprint density at radius 1 is 0.941 bits per heavy atom. The summed E-state index contributed by atoms with van der Waals surface area (Å²) >= 11 is 12.4. The average Bonchev–Trinajstić information content (AvgIpc) is 3.30. The molecule has 8 nitrogen and oxygen atoms in total. The molecule has 2 aromatic carbocycles. The zero-order chi connectivity index (χ0) is 25.4. The lowest BCUT2D eigenvalue weighted by Gasteiger charge is -2.29. The minimum atomic E-state index is -2.27. The van der Waals surface area contributed by atoms with Crippen molar-refractivity contribution in [1.29, 1.82) is 0 Å². The fraction of sp³-hybridized carbons (Fsp3) is 0.364. The highest BCUT2D eigenvalue weighted by Crippen LogP contribution is 2.25. The number of nitrogens with zero attached hydrogens (tertiary/aromatic N) is 1. The molecule has 0 amide bonds. The second-order valence-corrected chi connectivity index (χ2v) is 8.40. The van der Waals surface area contributed by atoms with Crippen molar-refractivity contribution in [2.45, 2.75) is 37.8 Å². The third kappa shape index (κ3) is 8.15. The lowest BCUT2D eigenvalue weighted by atomic mass is 10.1. The summed E-state index contributed by atoms with van der Waals surface area (Å²) in [5, 5.41) is 36.7. The number of carbonyl (C=O) groups is 2. The van der Waals surface area contributed by atoms with Gasteiger partial charge in [-0.3, -0.25) is 4.90 Å². The zero-order valence-corrected chi connectivity index (χ0v) is 19.3. The van der Waals surface area contributed by atoms with Gasteiger partial charge in [0.2, 0.25) is 0 Å². The molecule has 0 radical (unpaired) electrons. The maximum absolute atomic E-state index is 13.3. The van der Waals surface area contributed by atoms with E-state index in [1.165, 1.54) is 24.3 Å². The van der Waals surface area contributed by atoms with Crippen LogP contribution in [0.15, 0.2) is 36.4 Å². The van der Waals surface area contributed by atoms with Crippen molar-refractivity contribution in [3.8, 4) is 0 Å². The van der Waals surface area contributed by atoms with Crippen molar-refractivity contribution in [3.05, 3.63) is 69.2 Å². The Balaban J connectivity index is 0.000000347. The molecule has 1 heterocycles. The molecule has 1 aliphatic heterocycles. The quantitative estimate of drug-likeness (QED) is 0.359. The Bertz CT molecular complexity index is 936. The predicted molar refractivity (Wildman–Crippen MR) is 121 cm³/mol. The van der Waals surface area contributed by atoms with Crippen molar-refractivity contribution in [3.63, 3.8) is 0 Å². The Morgan fingerprint density at radius 2 is 1.38 bits per heavy atom. The highest BCUT2D eigenvalue weighted by molar-refractivity contribution is 6.31. The monoisotopic (exact) mass is 520 g/mol. The maximum atomic E-state index is 13.3. The van der Waals surface area contributed by atoms with Crippen LogP contribution < -0.4 is 5.32 Å². The Kier molecular flexibility index (Phi) is 10.6. The van der Waals surface area contributed by atoms with Crippen LogP contribution in [-0.4, -0.2) is 68.6 Å². The van der Waals surface area contributed by atoms with Gasteiger partial charge in [-0.2, -0.15) is 0 Å². The van der Waals surface area contributed by atoms with Crippen molar-refractivity contribution in [1.82, 2.24) is 10.2 Å². The number of aliphatic hydroxyl groups is 2. The van der Waals surface area contributed by atoms with E-state index in [1.807, 2.05) is 0 Å². The van der Waals surface area contributed by atoms with Crippen LogP contribution >= 0.6 is 23.2 Å². The highest BCUT2D eigenvalue weighted by Gasteiger charge is 2.29. The molecular weight excluding hydrogens is 497 g/mol. The van der Waals surface area contributed by atoms with E-state index >= 15 is 0 Å². The van der Waals surface area contributed by atoms with Gasteiger partial charge in [0.25, 0.3) is 0 Å². The van der Waals surface area contributed by atoms with Gasteiger partial charge >= 0.3 is 11.9 Å². The lowest BCUT2D eigenvalue weighted by molar-refractivity contribution is -0.165. The minimum absolute atomic E-state index is 0.326. The number of nitrogens with one attached hydrogen (secondary N) is 1. The van der Waals surface area contributed by atoms with Crippen LogP contribution in [0.2, 0.25) is 10.0 Å². The Labute approximate surface area is 204 Å². The molecule has 3 rings (SSSR count). The largest absolute Gasteiger partial charge is 0.479 e. The van der Waals surface area contributed by atoms with Crippen molar-refractivity contribution in [2.75, 3.05) is 13.1 Å². The van der Waals surface area contributed by atoms with Crippen LogP contribution in [0, 0.1) is 11.6 Å². The standard InChI is InChI=1S/C18H18Cl2F2N2.C4H6O6/c19-17-7-14(21)3-1-12(17)10-24(16-5-6-23-9-16)11-13-2-4-15(22)8-18(13)20;5-1(3(7)8)2(6)4(9)10/h1-4,7-8,16,23H,5-6,9-11H2;1-2,5-6H,(H,7,8)(H,9,10)/t16-;/m0./s1. The first-order valence-corrected chi connectivity index (χ1v) is 10.9. The van der Waals surface area contributed by atoms with Gasteiger partial charge in [-0.25, -0.2) is 18.4 Å². The van der Waals surface area contributed by atoms with Crippen LogP contribution in [-0.2, 0) is 22.7 Å². The number of carboxylic acids is 2. The van der Waals surface area contributed by atoms with Crippen LogP contribution in [0.3, 0.4) is 0 Å². The third-order valence-electron chi connectivity index (χ3n) is 5.13. The fourth-order valence-electron chi connectivity index (χ4n) is 3.27. The Hall–Kier alpha value is -2.34. The second kappa shape index (κ2) is 12.9. The van der Waals surface area contributed by atoms with Crippen molar-refractivity contribution < 1.29 is 38.8 Å². The van der Waals surface area contributed by atoms with E-state index in [-0.39, 0.29) is 11.6 Å².